The van der Waals surface area contributed by atoms with Crippen LogP contribution in [0.25, 0.3) is 0 Å². The Morgan fingerprint density at radius 3 is 3.00 bits per heavy atom. The van der Waals surface area contributed by atoms with E-state index in [0.29, 0.717) is 0 Å². The van der Waals surface area contributed by atoms with Gasteiger partial charge in [0.05, 0.1) is 12.0 Å². The Morgan fingerprint density at radius 2 is 2.22 bits per heavy atom. The van der Waals surface area contributed by atoms with E-state index in [4.69, 9.17) is 16.3 Å². The van der Waals surface area contributed by atoms with Crippen LogP contribution in [-0.2, 0) is 0 Å². The number of para-hydroxylation sites is 1. The van der Waals surface area contributed by atoms with Crippen molar-refractivity contribution in [1.82, 2.24) is 10.2 Å². The Hall–Kier alpha value is -1.13. The molecule has 0 spiro atoms. The van der Waals surface area contributed by atoms with Gasteiger partial charge in [0.25, 0.3) is 0 Å². The Morgan fingerprint density at radius 1 is 1.39 bits per heavy atom. The molecule has 2 atom stereocenters. The van der Waals surface area contributed by atoms with Crippen molar-refractivity contribution < 1.29 is 4.74 Å². The number of fused-ring (bicyclic) bond motifs is 1. The second kappa shape index (κ2) is 4.86. The molecule has 1 aliphatic rings. The highest BCUT2D eigenvalue weighted by atomic mass is 35.5. The molecule has 2 heterocycles. The molecule has 2 aromatic rings. The summed E-state index contributed by atoms with van der Waals surface area (Å²) >= 11 is 7.64. The molecule has 0 saturated heterocycles. The highest BCUT2D eigenvalue weighted by Gasteiger charge is 2.26. The van der Waals surface area contributed by atoms with Crippen LogP contribution in [0.2, 0.25) is 0 Å². The molecule has 5 heteroatoms. The summed E-state index contributed by atoms with van der Waals surface area (Å²) in [5.74, 6) is 1.25. The van der Waals surface area contributed by atoms with Crippen LogP contribution in [0, 0.1) is 0 Å². The first-order valence-electron chi connectivity index (χ1n) is 5.95. The summed E-state index contributed by atoms with van der Waals surface area (Å²) in [6, 6.07) is 8.14. The molecule has 0 radical (unpaired) electrons. The van der Waals surface area contributed by atoms with Gasteiger partial charge in [-0.2, -0.15) is 0 Å². The standard InChI is InChI=1S/C13H13ClN2OS/c1-8(14)12-15-16-13(18-12)10-6-7-17-11-5-3-2-4-9(10)11/h2-5,8,10H,6-7H2,1H3. The van der Waals surface area contributed by atoms with Crippen molar-refractivity contribution >= 4 is 22.9 Å². The van der Waals surface area contributed by atoms with Crippen molar-refractivity contribution in [3.05, 3.63) is 39.8 Å². The third kappa shape index (κ3) is 2.10. The summed E-state index contributed by atoms with van der Waals surface area (Å²) in [5.41, 5.74) is 1.20. The van der Waals surface area contributed by atoms with Crippen molar-refractivity contribution in [2.75, 3.05) is 6.61 Å². The molecule has 0 amide bonds. The van der Waals surface area contributed by atoms with Gasteiger partial charge in [-0.05, 0) is 19.4 Å². The lowest BCUT2D eigenvalue weighted by molar-refractivity contribution is 0.276. The molecule has 2 unspecified atom stereocenters. The zero-order chi connectivity index (χ0) is 12.5. The van der Waals surface area contributed by atoms with Crippen LogP contribution in [0.3, 0.4) is 0 Å². The summed E-state index contributed by atoms with van der Waals surface area (Å²) in [6.07, 6.45) is 0.947. The Labute approximate surface area is 115 Å². The first kappa shape index (κ1) is 11.9. The summed E-state index contributed by atoms with van der Waals surface area (Å²) < 4.78 is 5.66. The molecule has 1 aromatic heterocycles. The molecule has 3 rings (SSSR count). The number of hydrogen-bond acceptors (Lipinski definition) is 4. The molecule has 0 bridgehead atoms. The van der Waals surface area contributed by atoms with Crippen molar-refractivity contribution in [2.45, 2.75) is 24.6 Å². The van der Waals surface area contributed by atoms with Crippen molar-refractivity contribution in [2.24, 2.45) is 0 Å². The van der Waals surface area contributed by atoms with E-state index in [0.717, 1.165) is 28.8 Å². The summed E-state index contributed by atoms with van der Waals surface area (Å²) in [5, 5.41) is 10.3. The normalized spacial score (nSPS) is 20.0. The quantitative estimate of drug-likeness (QED) is 0.786. The number of halogens is 1. The Balaban J connectivity index is 1.97. The third-order valence-electron chi connectivity index (χ3n) is 3.05. The molecule has 1 aliphatic heterocycles. The average Bonchev–Trinajstić information content (AvgIpc) is 2.87. The molecule has 3 nitrogen and oxygen atoms in total. The van der Waals surface area contributed by atoms with Gasteiger partial charge in [0.15, 0.2) is 0 Å². The zero-order valence-electron chi connectivity index (χ0n) is 9.97. The van der Waals surface area contributed by atoms with Gasteiger partial charge in [0, 0.05) is 11.5 Å². The van der Waals surface area contributed by atoms with E-state index in [2.05, 4.69) is 16.3 Å². The first-order valence-corrected chi connectivity index (χ1v) is 7.20. The maximum absolute atomic E-state index is 6.04. The van der Waals surface area contributed by atoms with Crippen LogP contribution in [0.15, 0.2) is 24.3 Å². The van der Waals surface area contributed by atoms with Gasteiger partial charge in [-0.3, -0.25) is 0 Å². The Kier molecular flexibility index (Phi) is 3.22. The predicted octanol–water partition coefficient (Wildman–Crippen LogP) is 3.75. The van der Waals surface area contributed by atoms with E-state index in [1.54, 1.807) is 11.3 Å². The molecule has 18 heavy (non-hydrogen) atoms. The highest BCUT2D eigenvalue weighted by molar-refractivity contribution is 7.11. The molecule has 0 fully saturated rings. The maximum Gasteiger partial charge on any atom is 0.135 e. The van der Waals surface area contributed by atoms with Gasteiger partial charge in [-0.25, -0.2) is 0 Å². The smallest absolute Gasteiger partial charge is 0.135 e. The number of aromatic nitrogens is 2. The zero-order valence-corrected chi connectivity index (χ0v) is 11.5. The van der Waals surface area contributed by atoms with Gasteiger partial charge in [-0.15, -0.1) is 21.8 Å². The van der Waals surface area contributed by atoms with Crippen LogP contribution in [0.5, 0.6) is 5.75 Å². The fourth-order valence-corrected chi connectivity index (χ4v) is 3.25. The topological polar surface area (TPSA) is 35.0 Å². The fraction of sp³-hybridized carbons (Fsp3) is 0.385. The van der Waals surface area contributed by atoms with Gasteiger partial charge in [0.2, 0.25) is 0 Å². The lowest BCUT2D eigenvalue weighted by Crippen LogP contribution is -2.14. The fourth-order valence-electron chi connectivity index (χ4n) is 2.15. The number of ether oxygens (including phenoxy) is 1. The number of nitrogens with zero attached hydrogens (tertiary/aromatic N) is 2. The number of rotatable bonds is 2. The van der Waals surface area contributed by atoms with E-state index < -0.39 is 0 Å². The minimum Gasteiger partial charge on any atom is -0.493 e. The van der Waals surface area contributed by atoms with Crippen LogP contribution < -0.4 is 4.74 Å². The van der Waals surface area contributed by atoms with Gasteiger partial charge >= 0.3 is 0 Å². The van der Waals surface area contributed by atoms with Crippen molar-refractivity contribution in [3.63, 3.8) is 0 Å². The minimum absolute atomic E-state index is 0.0775. The molecule has 0 N–H and O–H groups in total. The van der Waals surface area contributed by atoms with Crippen LogP contribution in [0.4, 0.5) is 0 Å². The second-order valence-electron chi connectivity index (χ2n) is 4.32. The Bertz CT molecular complexity index is 555. The van der Waals surface area contributed by atoms with E-state index >= 15 is 0 Å². The average molecular weight is 281 g/mol. The monoisotopic (exact) mass is 280 g/mol. The van der Waals surface area contributed by atoms with E-state index in [-0.39, 0.29) is 11.3 Å². The predicted molar refractivity (Wildman–Crippen MR) is 72.6 cm³/mol. The van der Waals surface area contributed by atoms with Gasteiger partial charge in [-0.1, -0.05) is 29.5 Å². The summed E-state index contributed by atoms with van der Waals surface area (Å²) in [6.45, 7) is 2.65. The molecular weight excluding hydrogens is 268 g/mol. The lowest BCUT2D eigenvalue weighted by Gasteiger charge is -2.23. The largest absolute Gasteiger partial charge is 0.493 e. The van der Waals surface area contributed by atoms with E-state index in [1.807, 2.05) is 25.1 Å². The number of benzene rings is 1. The van der Waals surface area contributed by atoms with Crippen LogP contribution in [0.1, 0.15) is 40.2 Å². The lowest BCUT2D eigenvalue weighted by atomic mass is 9.94. The number of hydrogen-bond donors (Lipinski definition) is 0. The molecule has 0 aliphatic carbocycles. The van der Waals surface area contributed by atoms with E-state index in [1.165, 1.54) is 5.56 Å². The van der Waals surface area contributed by atoms with Crippen LogP contribution in [-0.4, -0.2) is 16.8 Å². The van der Waals surface area contributed by atoms with Gasteiger partial charge in [0.1, 0.15) is 15.8 Å². The summed E-state index contributed by atoms with van der Waals surface area (Å²) in [7, 11) is 0. The molecule has 1 aromatic carbocycles. The van der Waals surface area contributed by atoms with E-state index in [9.17, 15) is 0 Å². The first-order chi connectivity index (χ1) is 8.75. The second-order valence-corrected chi connectivity index (χ2v) is 6.02. The molecular formula is C13H13ClN2OS. The number of alkyl halides is 1. The molecule has 0 saturated carbocycles. The van der Waals surface area contributed by atoms with Crippen LogP contribution >= 0.6 is 22.9 Å². The highest BCUT2D eigenvalue weighted by Crippen LogP contribution is 2.39. The minimum atomic E-state index is -0.0775. The maximum atomic E-state index is 6.04. The van der Waals surface area contributed by atoms with Gasteiger partial charge < -0.3 is 4.74 Å². The van der Waals surface area contributed by atoms with Crippen molar-refractivity contribution in [1.29, 1.82) is 0 Å². The summed E-state index contributed by atoms with van der Waals surface area (Å²) in [4.78, 5) is 0. The third-order valence-corrected chi connectivity index (χ3v) is 4.61. The SMILES string of the molecule is CC(Cl)c1nnc(C2CCOc3ccccc32)s1. The molecule has 94 valence electrons. The van der Waals surface area contributed by atoms with Crippen molar-refractivity contribution in [3.8, 4) is 5.75 Å².